The molecule has 5 heteroatoms. The molecule has 2 heterocycles. The van der Waals surface area contributed by atoms with Crippen LogP contribution in [-0.2, 0) is 0 Å². The molecule has 0 spiro atoms. The number of carbonyl (C=O) groups excluding carboxylic acids is 1. The SMILES string of the molecule is C.C1CCNCC1.CC.Cc1c(O)ccc2c(C(=O)c3ccc(O)cc3)c(-c3ccccc3)oc12. The maximum Gasteiger partial charge on any atom is 0.197 e. The van der Waals surface area contributed by atoms with Crippen LogP contribution in [-0.4, -0.2) is 29.1 Å². The van der Waals surface area contributed by atoms with Gasteiger partial charge in [-0.2, -0.15) is 0 Å². The molecule has 35 heavy (non-hydrogen) atoms. The molecule has 1 aromatic heterocycles. The van der Waals surface area contributed by atoms with E-state index in [-0.39, 0.29) is 24.7 Å². The number of fused-ring (bicyclic) bond motifs is 1. The lowest BCUT2D eigenvalue weighted by molar-refractivity contribution is 0.104. The minimum absolute atomic E-state index is 0. The van der Waals surface area contributed by atoms with Crippen molar-refractivity contribution in [3.63, 3.8) is 0 Å². The number of piperidine rings is 1. The van der Waals surface area contributed by atoms with Crippen LogP contribution in [0.5, 0.6) is 11.5 Å². The van der Waals surface area contributed by atoms with Crippen molar-refractivity contribution in [1.82, 2.24) is 5.32 Å². The third kappa shape index (κ3) is 6.52. The fourth-order valence-corrected chi connectivity index (χ4v) is 3.86. The predicted octanol–water partition coefficient (Wildman–Crippen LogP) is 7.47. The summed E-state index contributed by atoms with van der Waals surface area (Å²) in [6.07, 6.45) is 4.22. The largest absolute Gasteiger partial charge is 0.508 e. The second kappa shape index (κ2) is 13.4. The molecule has 3 N–H and O–H groups in total. The standard InChI is InChI=1S/C22H16O4.C5H11N.C2H6.CH4/c1-13-18(24)12-11-17-19(20(25)14-7-9-16(23)10-8-14)22(26-21(13)17)15-5-3-2-4-6-15;1-2-4-6-5-3-1;1-2;/h2-12,23-24H,1H3;6H,1-5H2;1-2H3;1H4. The van der Waals surface area contributed by atoms with Gasteiger partial charge < -0.3 is 19.9 Å². The zero-order valence-electron chi connectivity index (χ0n) is 20.1. The molecule has 3 aromatic carbocycles. The van der Waals surface area contributed by atoms with Gasteiger partial charge in [-0.1, -0.05) is 58.0 Å². The summed E-state index contributed by atoms with van der Waals surface area (Å²) in [5.41, 5.74) is 2.76. The first-order valence-corrected chi connectivity index (χ1v) is 11.9. The van der Waals surface area contributed by atoms with Gasteiger partial charge in [0, 0.05) is 22.1 Å². The van der Waals surface area contributed by atoms with Crippen molar-refractivity contribution in [2.75, 3.05) is 13.1 Å². The summed E-state index contributed by atoms with van der Waals surface area (Å²) in [6, 6.07) is 18.8. The van der Waals surface area contributed by atoms with Gasteiger partial charge in [0.15, 0.2) is 5.78 Å². The molecule has 0 aliphatic carbocycles. The van der Waals surface area contributed by atoms with E-state index in [4.69, 9.17) is 4.42 Å². The van der Waals surface area contributed by atoms with Crippen LogP contribution in [0.4, 0.5) is 0 Å². The Balaban J connectivity index is 0.000000415. The number of phenols is 2. The van der Waals surface area contributed by atoms with Gasteiger partial charge in [-0.05, 0) is 69.3 Å². The number of ketones is 1. The molecule has 5 rings (SSSR count). The number of hydrogen-bond acceptors (Lipinski definition) is 5. The van der Waals surface area contributed by atoms with Crippen molar-refractivity contribution in [3.05, 3.63) is 83.4 Å². The van der Waals surface area contributed by atoms with E-state index in [1.807, 2.05) is 44.2 Å². The van der Waals surface area contributed by atoms with Crippen molar-refractivity contribution in [2.24, 2.45) is 0 Å². The van der Waals surface area contributed by atoms with Crippen LogP contribution in [0.2, 0.25) is 0 Å². The van der Waals surface area contributed by atoms with Crippen LogP contribution in [0.25, 0.3) is 22.3 Å². The lowest BCUT2D eigenvalue weighted by Gasteiger charge is -2.08. The minimum atomic E-state index is -0.201. The van der Waals surface area contributed by atoms with Crippen molar-refractivity contribution in [3.8, 4) is 22.8 Å². The van der Waals surface area contributed by atoms with E-state index in [9.17, 15) is 15.0 Å². The smallest absolute Gasteiger partial charge is 0.197 e. The summed E-state index contributed by atoms with van der Waals surface area (Å²) < 4.78 is 6.03. The number of hydrogen-bond donors (Lipinski definition) is 3. The summed E-state index contributed by atoms with van der Waals surface area (Å²) in [5.74, 6) is 0.484. The maximum atomic E-state index is 13.2. The van der Waals surface area contributed by atoms with E-state index in [0.29, 0.717) is 33.4 Å². The Morgan fingerprint density at radius 2 is 1.49 bits per heavy atom. The molecule has 1 saturated heterocycles. The fraction of sp³-hybridized carbons (Fsp3) is 0.300. The van der Waals surface area contributed by atoms with Crippen molar-refractivity contribution in [1.29, 1.82) is 0 Å². The van der Waals surface area contributed by atoms with E-state index in [1.165, 1.54) is 44.5 Å². The fourth-order valence-electron chi connectivity index (χ4n) is 3.86. The highest BCUT2D eigenvalue weighted by molar-refractivity contribution is 6.20. The molecule has 0 bridgehead atoms. The number of nitrogens with one attached hydrogen (secondary N) is 1. The Morgan fingerprint density at radius 3 is 2.03 bits per heavy atom. The second-order valence-electron chi connectivity index (χ2n) is 7.95. The number of phenolic OH excluding ortho intramolecular Hbond substituents is 2. The first-order valence-electron chi connectivity index (χ1n) is 11.9. The first kappa shape index (κ1) is 27.7. The number of aryl methyl sites for hydroxylation is 1. The summed E-state index contributed by atoms with van der Waals surface area (Å²) in [4.78, 5) is 13.2. The second-order valence-corrected chi connectivity index (χ2v) is 7.95. The highest BCUT2D eigenvalue weighted by Gasteiger charge is 2.24. The van der Waals surface area contributed by atoms with Gasteiger partial charge in [0.2, 0.25) is 0 Å². The van der Waals surface area contributed by atoms with Gasteiger partial charge in [-0.15, -0.1) is 0 Å². The number of furan rings is 1. The van der Waals surface area contributed by atoms with Crippen LogP contribution in [0.1, 0.15) is 62.0 Å². The van der Waals surface area contributed by atoms with Crippen LogP contribution < -0.4 is 5.32 Å². The van der Waals surface area contributed by atoms with Crippen LogP contribution in [0.15, 0.2) is 71.1 Å². The first-order chi connectivity index (χ1) is 16.6. The zero-order valence-corrected chi connectivity index (χ0v) is 20.1. The Morgan fingerprint density at radius 1 is 0.857 bits per heavy atom. The van der Waals surface area contributed by atoms with Gasteiger partial charge in [0.25, 0.3) is 0 Å². The van der Waals surface area contributed by atoms with Gasteiger partial charge >= 0.3 is 0 Å². The van der Waals surface area contributed by atoms with Gasteiger partial charge in [-0.25, -0.2) is 0 Å². The summed E-state index contributed by atoms with van der Waals surface area (Å²) in [7, 11) is 0. The number of carbonyl (C=O) groups is 1. The number of aromatic hydroxyl groups is 2. The molecule has 4 aromatic rings. The lowest BCUT2D eigenvalue weighted by Crippen LogP contribution is -2.21. The molecule has 0 saturated carbocycles. The van der Waals surface area contributed by atoms with E-state index in [1.54, 1.807) is 31.2 Å². The molecule has 0 atom stereocenters. The number of benzene rings is 3. The van der Waals surface area contributed by atoms with E-state index in [0.717, 1.165) is 5.56 Å². The number of rotatable bonds is 3. The van der Waals surface area contributed by atoms with Crippen molar-refractivity contribution < 1.29 is 19.4 Å². The molecule has 0 amide bonds. The van der Waals surface area contributed by atoms with E-state index >= 15 is 0 Å². The summed E-state index contributed by atoms with van der Waals surface area (Å²) >= 11 is 0. The molecule has 0 unspecified atom stereocenters. The average molecular weight is 476 g/mol. The van der Waals surface area contributed by atoms with Crippen molar-refractivity contribution >= 4 is 16.8 Å². The average Bonchev–Trinajstić information content (AvgIpc) is 3.30. The zero-order chi connectivity index (χ0) is 24.5. The lowest BCUT2D eigenvalue weighted by atomic mass is 9.96. The summed E-state index contributed by atoms with van der Waals surface area (Å²) in [5, 5.41) is 23.4. The van der Waals surface area contributed by atoms with Crippen molar-refractivity contribution in [2.45, 2.75) is 47.5 Å². The third-order valence-corrected chi connectivity index (χ3v) is 5.68. The monoisotopic (exact) mass is 475 g/mol. The summed E-state index contributed by atoms with van der Waals surface area (Å²) in [6.45, 7) is 8.25. The van der Waals surface area contributed by atoms with E-state index < -0.39 is 0 Å². The molecule has 1 aliphatic heterocycles. The highest BCUT2D eigenvalue weighted by Crippen LogP contribution is 2.38. The Hall–Kier alpha value is -3.57. The molecular weight excluding hydrogens is 438 g/mol. The predicted molar refractivity (Wildman–Crippen MR) is 144 cm³/mol. The Kier molecular flexibility index (Phi) is 10.6. The van der Waals surface area contributed by atoms with Crippen LogP contribution in [0.3, 0.4) is 0 Å². The molecule has 186 valence electrons. The normalized spacial score (nSPS) is 12.4. The Bertz CT molecular complexity index is 1200. The topological polar surface area (TPSA) is 82.7 Å². The van der Waals surface area contributed by atoms with E-state index in [2.05, 4.69) is 5.32 Å². The van der Waals surface area contributed by atoms with Gasteiger partial charge in [0.05, 0.1) is 5.56 Å². The van der Waals surface area contributed by atoms with Gasteiger partial charge in [-0.3, -0.25) is 4.79 Å². The quantitative estimate of drug-likeness (QED) is 0.268. The highest BCUT2D eigenvalue weighted by atomic mass is 16.3. The molecule has 5 nitrogen and oxygen atoms in total. The maximum absolute atomic E-state index is 13.2. The third-order valence-electron chi connectivity index (χ3n) is 5.68. The molecule has 1 aliphatic rings. The van der Waals surface area contributed by atoms with Crippen LogP contribution >= 0.6 is 0 Å². The van der Waals surface area contributed by atoms with Gasteiger partial charge in [0.1, 0.15) is 22.8 Å². The van der Waals surface area contributed by atoms with Crippen LogP contribution in [0, 0.1) is 6.92 Å². The molecule has 0 radical (unpaired) electrons. The Labute approximate surface area is 208 Å². The minimum Gasteiger partial charge on any atom is -0.508 e. The molecular formula is C30H37NO4. The molecule has 1 fully saturated rings.